The molecule has 1 fully saturated rings. The fourth-order valence-electron chi connectivity index (χ4n) is 1.67. The minimum atomic E-state index is 0.406. The summed E-state index contributed by atoms with van der Waals surface area (Å²) in [5, 5.41) is 4.01. The molecule has 0 unspecified atom stereocenters. The normalized spacial score (nSPS) is 17.9. The molecule has 15 heavy (non-hydrogen) atoms. The maximum atomic E-state index is 5.31. The second-order valence-electron chi connectivity index (χ2n) is 3.65. The first-order valence-electron chi connectivity index (χ1n) is 5.32. The lowest BCUT2D eigenvalue weighted by atomic mass is 10.1. The van der Waals surface area contributed by atoms with Crippen LogP contribution in [0.3, 0.4) is 0 Å². The van der Waals surface area contributed by atoms with Crippen molar-refractivity contribution in [1.82, 2.24) is 10.2 Å². The van der Waals surface area contributed by atoms with Gasteiger partial charge in [0, 0.05) is 33.9 Å². The van der Waals surface area contributed by atoms with Crippen molar-refractivity contribution in [2.24, 2.45) is 0 Å². The average molecular weight is 232 g/mol. The molecule has 5 heteroatoms. The number of nitrogens with one attached hydrogen (secondary N) is 1. The lowest BCUT2D eigenvalue weighted by Crippen LogP contribution is -2.46. The Morgan fingerprint density at radius 1 is 1.40 bits per heavy atom. The van der Waals surface area contributed by atoms with E-state index in [-0.39, 0.29) is 0 Å². The van der Waals surface area contributed by atoms with Crippen molar-refractivity contribution in [1.29, 1.82) is 0 Å². The van der Waals surface area contributed by atoms with E-state index in [1.165, 1.54) is 0 Å². The summed E-state index contributed by atoms with van der Waals surface area (Å²) in [5.74, 6) is 0. The topological polar surface area (TPSA) is 33.7 Å². The van der Waals surface area contributed by atoms with Gasteiger partial charge in [-0.2, -0.15) is 0 Å². The van der Waals surface area contributed by atoms with Crippen molar-refractivity contribution in [3.8, 4) is 0 Å². The number of thiocarbonyl (C=S) groups is 1. The quantitative estimate of drug-likeness (QED) is 0.567. The molecular formula is C10H20N2O2S. The number of hydrogen-bond acceptors (Lipinski definition) is 3. The van der Waals surface area contributed by atoms with Gasteiger partial charge in [-0.25, -0.2) is 0 Å². The summed E-state index contributed by atoms with van der Waals surface area (Å²) in [6, 6.07) is 0. The predicted molar refractivity (Wildman–Crippen MR) is 64.1 cm³/mol. The summed E-state index contributed by atoms with van der Waals surface area (Å²) in [5.41, 5.74) is 0. The van der Waals surface area contributed by atoms with Crippen LogP contribution in [0.25, 0.3) is 0 Å². The molecule has 1 saturated heterocycles. The highest BCUT2D eigenvalue weighted by atomic mass is 32.1. The van der Waals surface area contributed by atoms with E-state index in [0.717, 1.165) is 37.6 Å². The Morgan fingerprint density at radius 3 is 2.60 bits per heavy atom. The van der Waals surface area contributed by atoms with Crippen LogP contribution in [0, 0.1) is 0 Å². The summed E-state index contributed by atoms with van der Waals surface area (Å²) in [7, 11) is 3.46. The summed E-state index contributed by atoms with van der Waals surface area (Å²) >= 11 is 5.28. The van der Waals surface area contributed by atoms with Gasteiger partial charge in [-0.05, 0) is 25.1 Å². The van der Waals surface area contributed by atoms with Gasteiger partial charge in [0.1, 0.15) is 0 Å². The first-order valence-corrected chi connectivity index (χ1v) is 5.73. The fraction of sp³-hybridized carbons (Fsp3) is 0.900. The molecule has 0 amide bonds. The minimum Gasteiger partial charge on any atom is -0.383 e. The van der Waals surface area contributed by atoms with Gasteiger partial charge in [0.15, 0.2) is 5.11 Å². The second kappa shape index (κ2) is 6.98. The third kappa shape index (κ3) is 4.32. The van der Waals surface area contributed by atoms with E-state index in [1.807, 2.05) is 0 Å². The number of hydrogen-bond donors (Lipinski definition) is 1. The monoisotopic (exact) mass is 232 g/mol. The van der Waals surface area contributed by atoms with Gasteiger partial charge in [-0.1, -0.05) is 0 Å². The molecule has 0 aromatic rings. The van der Waals surface area contributed by atoms with Gasteiger partial charge in [-0.3, -0.25) is 0 Å². The van der Waals surface area contributed by atoms with E-state index in [1.54, 1.807) is 14.2 Å². The lowest BCUT2D eigenvalue weighted by Gasteiger charge is -2.33. The Balaban J connectivity index is 2.18. The van der Waals surface area contributed by atoms with Crippen LogP contribution in [0.1, 0.15) is 12.8 Å². The molecule has 0 spiro atoms. The largest absolute Gasteiger partial charge is 0.383 e. The Kier molecular flexibility index (Phi) is 5.90. The average Bonchev–Trinajstić information content (AvgIpc) is 2.29. The molecule has 1 aliphatic heterocycles. The molecule has 0 bridgehead atoms. The molecule has 0 saturated carbocycles. The SMILES string of the molecule is COCCNC(=S)N1CCC(OC)CC1. The molecule has 4 nitrogen and oxygen atoms in total. The molecule has 1 aliphatic rings. The van der Waals surface area contributed by atoms with Crippen LogP contribution < -0.4 is 5.32 Å². The number of rotatable bonds is 4. The minimum absolute atomic E-state index is 0.406. The molecule has 0 aromatic heterocycles. The fourth-order valence-corrected chi connectivity index (χ4v) is 1.95. The van der Waals surface area contributed by atoms with Gasteiger partial charge in [0.25, 0.3) is 0 Å². The van der Waals surface area contributed by atoms with Crippen molar-refractivity contribution in [2.75, 3.05) is 40.5 Å². The Bertz CT molecular complexity index is 194. The number of nitrogens with zero attached hydrogens (tertiary/aromatic N) is 1. The molecule has 0 atom stereocenters. The third-order valence-corrected chi connectivity index (χ3v) is 3.05. The molecular weight excluding hydrogens is 212 g/mol. The van der Waals surface area contributed by atoms with Crippen molar-refractivity contribution in [2.45, 2.75) is 18.9 Å². The third-order valence-electron chi connectivity index (χ3n) is 2.64. The second-order valence-corrected chi connectivity index (χ2v) is 4.03. The molecule has 1 N–H and O–H groups in total. The maximum absolute atomic E-state index is 5.31. The standard InChI is InChI=1S/C10H20N2O2S/c1-13-8-5-11-10(15)12-6-3-9(14-2)4-7-12/h9H,3-8H2,1-2H3,(H,11,15). The Hall–Kier alpha value is -0.390. The van der Waals surface area contributed by atoms with Crippen molar-refractivity contribution in [3.05, 3.63) is 0 Å². The van der Waals surface area contributed by atoms with E-state index in [2.05, 4.69) is 10.2 Å². The molecule has 1 heterocycles. The van der Waals surface area contributed by atoms with Gasteiger partial charge in [-0.15, -0.1) is 0 Å². The van der Waals surface area contributed by atoms with E-state index >= 15 is 0 Å². The van der Waals surface area contributed by atoms with Crippen LogP contribution in [-0.4, -0.2) is 56.6 Å². The lowest BCUT2D eigenvalue weighted by molar-refractivity contribution is 0.0576. The van der Waals surface area contributed by atoms with E-state index < -0.39 is 0 Å². The number of piperidine rings is 1. The van der Waals surface area contributed by atoms with Crippen molar-refractivity contribution in [3.63, 3.8) is 0 Å². The summed E-state index contributed by atoms with van der Waals surface area (Å²) in [6.45, 7) is 3.43. The van der Waals surface area contributed by atoms with Crippen LogP contribution >= 0.6 is 12.2 Å². The summed E-state index contributed by atoms with van der Waals surface area (Å²) in [6.07, 6.45) is 2.52. The van der Waals surface area contributed by atoms with Gasteiger partial charge in [0.2, 0.25) is 0 Å². The highest BCUT2D eigenvalue weighted by Crippen LogP contribution is 2.12. The molecule has 0 aromatic carbocycles. The van der Waals surface area contributed by atoms with E-state index in [4.69, 9.17) is 21.7 Å². The zero-order valence-electron chi connectivity index (χ0n) is 9.49. The molecule has 1 rings (SSSR count). The molecule has 88 valence electrons. The van der Waals surface area contributed by atoms with Gasteiger partial charge < -0.3 is 19.7 Å². The van der Waals surface area contributed by atoms with Gasteiger partial charge >= 0.3 is 0 Å². The van der Waals surface area contributed by atoms with Crippen LogP contribution in [0.15, 0.2) is 0 Å². The van der Waals surface area contributed by atoms with Crippen LogP contribution in [-0.2, 0) is 9.47 Å². The Morgan fingerprint density at radius 2 is 2.07 bits per heavy atom. The van der Waals surface area contributed by atoms with Crippen LogP contribution in [0.2, 0.25) is 0 Å². The summed E-state index contributed by atoms with van der Waals surface area (Å²) < 4.78 is 10.3. The van der Waals surface area contributed by atoms with E-state index in [9.17, 15) is 0 Å². The highest BCUT2D eigenvalue weighted by molar-refractivity contribution is 7.80. The first-order chi connectivity index (χ1) is 7.27. The first kappa shape index (κ1) is 12.7. The summed E-state index contributed by atoms with van der Waals surface area (Å²) in [4.78, 5) is 2.19. The van der Waals surface area contributed by atoms with Crippen molar-refractivity contribution >= 4 is 17.3 Å². The van der Waals surface area contributed by atoms with Crippen LogP contribution in [0.5, 0.6) is 0 Å². The van der Waals surface area contributed by atoms with Gasteiger partial charge in [0.05, 0.1) is 12.7 Å². The number of likely N-dealkylation sites (tertiary alicyclic amines) is 1. The maximum Gasteiger partial charge on any atom is 0.169 e. The number of methoxy groups -OCH3 is 2. The highest BCUT2D eigenvalue weighted by Gasteiger charge is 2.19. The zero-order valence-corrected chi connectivity index (χ0v) is 10.3. The zero-order chi connectivity index (χ0) is 11.1. The predicted octanol–water partition coefficient (Wildman–Crippen LogP) is 0.618. The molecule has 0 aliphatic carbocycles. The Labute approximate surface area is 96.9 Å². The number of ether oxygens (including phenoxy) is 2. The van der Waals surface area contributed by atoms with Crippen LogP contribution in [0.4, 0.5) is 0 Å². The van der Waals surface area contributed by atoms with E-state index in [0.29, 0.717) is 12.7 Å². The smallest absolute Gasteiger partial charge is 0.169 e. The van der Waals surface area contributed by atoms with Crippen molar-refractivity contribution < 1.29 is 9.47 Å². The molecule has 0 radical (unpaired) electrons.